The molecule has 2 aromatic carbocycles. The van der Waals surface area contributed by atoms with E-state index in [1.165, 1.54) is 12.1 Å². The molecule has 0 radical (unpaired) electrons. The van der Waals surface area contributed by atoms with E-state index in [9.17, 15) is 20.2 Å². The SMILES string of the molecule is Cc1ccc(NC(=O)C=C(C#N)c2ccc(-c3cccc([N+](=O)[O-])c3)o2)cc1. The van der Waals surface area contributed by atoms with E-state index in [2.05, 4.69) is 5.32 Å². The van der Waals surface area contributed by atoms with Gasteiger partial charge in [-0.1, -0.05) is 29.8 Å². The minimum Gasteiger partial charge on any atom is -0.455 e. The molecule has 138 valence electrons. The second-order valence-electron chi connectivity index (χ2n) is 6.00. The van der Waals surface area contributed by atoms with E-state index in [4.69, 9.17) is 4.42 Å². The van der Waals surface area contributed by atoms with Gasteiger partial charge in [0.05, 0.1) is 4.92 Å². The summed E-state index contributed by atoms with van der Waals surface area (Å²) in [5.74, 6) is 0.0931. The lowest BCUT2D eigenvalue weighted by atomic mass is 10.1. The number of non-ortho nitro benzene ring substituents is 1. The number of carbonyl (C=O) groups is 1. The second kappa shape index (κ2) is 8.01. The van der Waals surface area contributed by atoms with Gasteiger partial charge in [0.25, 0.3) is 5.69 Å². The Bertz CT molecular complexity index is 1110. The number of nitrogens with one attached hydrogen (secondary N) is 1. The average Bonchev–Trinajstić information content (AvgIpc) is 3.18. The highest BCUT2D eigenvalue weighted by Gasteiger charge is 2.13. The molecule has 7 nitrogen and oxygen atoms in total. The van der Waals surface area contributed by atoms with Gasteiger partial charge in [-0.3, -0.25) is 14.9 Å². The second-order valence-corrected chi connectivity index (χ2v) is 6.00. The average molecular weight is 373 g/mol. The molecule has 0 aliphatic rings. The molecule has 0 saturated heterocycles. The third-order valence-electron chi connectivity index (χ3n) is 3.93. The first kappa shape index (κ1) is 18.6. The zero-order valence-corrected chi connectivity index (χ0v) is 14.9. The quantitative estimate of drug-likeness (QED) is 0.301. The smallest absolute Gasteiger partial charge is 0.270 e. The molecular weight excluding hydrogens is 358 g/mol. The van der Waals surface area contributed by atoms with Gasteiger partial charge in [0.15, 0.2) is 0 Å². The van der Waals surface area contributed by atoms with Crippen LogP contribution >= 0.6 is 0 Å². The Balaban J connectivity index is 1.82. The highest BCUT2D eigenvalue weighted by atomic mass is 16.6. The van der Waals surface area contributed by atoms with Crippen LogP contribution in [0.2, 0.25) is 0 Å². The predicted octanol–water partition coefficient (Wildman–Crippen LogP) is 4.71. The van der Waals surface area contributed by atoms with Gasteiger partial charge < -0.3 is 9.73 Å². The molecule has 0 bridgehead atoms. The summed E-state index contributed by atoms with van der Waals surface area (Å²) in [5, 5.41) is 23.0. The van der Waals surface area contributed by atoms with Crippen molar-refractivity contribution in [2.24, 2.45) is 0 Å². The number of hydrogen-bond donors (Lipinski definition) is 1. The number of nitro groups is 1. The van der Waals surface area contributed by atoms with E-state index < -0.39 is 10.8 Å². The Hall–Kier alpha value is -4.18. The summed E-state index contributed by atoms with van der Waals surface area (Å²) in [6.45, 7) is 1.94. The van der Waals surface area contributed by atoms with Crippen LogP contribution in [0.1, 0.15) is 11.3 Å². The molecule has 1 aromatic heterocycles. The summed E-state index contributed by atoms with van der Waals surface area (Å²) >= 11 is 0. The molecule has 0 aliphatic carbocycles. The van der Waals surface area contributed by atoms with Crippen LogP contribution in [0.15, 0.2) is 71.2 Å². The molecule has 7 heteroatoms. The fourth-order valence-corrected chi connectivity index (χ4v) is 2.52. The van der Waals surface area contributed by atoms with Crippen LogP contribution in [0.4, 0.5) is 11.4 Å². The first-order valence-electron chi connectivity index (χ1n) is 8.31. The Labute approximate surface area is 160 Å². The monoisotopic (exact) mass is 373 g/mol. The van der Waals surface area contributed by atoms with Gasteiger partial charge in [-0.15, -0.1) is 0 Å². The van der Waals surface area contributed by atoms with Crippen molar-refractivity contribution in [1.82, 2.24) is 0 Å². The molecule has 1 heterocycles. The van der Waals surface area contributed by atoms with Crippen LogP contribution in [-0.2, 0) is 4.79 Å². The van der Waals surface area contributed by atoms with Crippen LogP contribution in [0.25, 0.3) is 16.9 Å². The topological polar surface area (TPSA) is 109 Å². The molecular formula is C21H15N3O4. The molecule has 0 spiro atoms. The molecule has 1 amide bonds. The summed E-state index contributed by atoms with van der Waals surface area (Å²) in [6.07, 6.45) is 1.15. The van der Waals surface area contributed by atoms with Crippen molar-refractivity contribution < 1.29 is 14.1 Å². The number of carbonyl (C=O) groups excluding carboxylic acids is 1. The van der Waals surface area contributed by atoms with E-state index in [1.54, 1.807) is 36.4 Å². The summed E-state index contributed by atoms with van der Waals surface area (Å²) in [6, 6.07) is 18.3. The van der Waals surface area contributed by atoms with Gasteiger partial charge in [0.1, 0.15) is 23.2 Å². The van der Waals surface area contributed by atoms with Gasteiger partial charge >= 0.3 is 0 Å². The van der Waals surface area contributed by atoms with E-state index in [1.807, 2.05) is 25.1 Å². The maximum atomic E-state index is 12.2. The number of furan rings is 1. The molecule has 0 unspecified atom stereocenters. The Morgan fingerprint density at radius 2 is 1.93 bits per heavy atom. The number of aryl methyl sites for hydroxylation is 1. The van der Waals surface area contributed by atoms with Crippen LogP contribution < -0.4 is 5.32 Å². The maximum Gasteiger partial charge on any atom is 0.270 e. The van der Waals surface area contributed by atoms with Gasteiger partial charge in [0, 0.05) is 29.5 Å². The normalized spacial score (nSPS) is 10.9. The van der Waals surface area contributed by atoms with Crippen molar-refractivity contribution in [1.29, 1.82) is 5.26 Å². The van der Waals surface area contributed by atoms with E-state index >= 15 is 0 Å². The number of allylic oxidation sites excluding steroid dienone is 1. The van der Waals surface area contributed by atoms with Crippen LogP contribution in [-0.4, -0.2) is 10.8 Å². The van der Waals surface area contributed by atoms with Gasteiger partial charge in [-0.2, -0.15) is 5.26 Å². The first-order chi connectivity index (χ1) is 13.5. The Morgan fingerprint density at radius 1 is 1.18 bits per heavy atom. The highest BCUT2D eigenvalue weighted by molar-refractivity contribution is 6.05. The zero-order valence-electron chi connectivity index (χ0n) is 14.9. The molecule has 28 heavy (non-hydrogen) atoms. The van der Waals surface area contributed by atoms with E-state index in [0.717, 1.165) is 11.6 Å². The Morgan fingerprint density at radius 3 is 2.61 bits per heavy atom. The van der Waals surface area contributed by atoms with Crippen molar-refractivity contribution in [2.75, 3.05) is 5.32 Å². The number of rotatable bonds is 5. The fourth-order valence-electron chi connectivity index (χ4n) is 2.52. The number of amides is 1. The minimum atomic E-state index is -0.497. The number of nitriles is 1. The van der Waals surface area contributed by atoms with E-state index in [-0.39, 0.29) is 17.0 Å². The lowest BCUT2D eigenvalue weighted by Crippen LogP contribution is -2.08. The van der Waals surface area contributed by atoms with Crippen LogP contribution in [0, 0.1) is 28.4 Å². The van der Waals surface area contributed by atoms with Crippen LogP contribution in [0.3, 0.4) is 0 Å². The first-order valence-corrected chi connectivity index (χ1v) is 8.31. The third kappa shape index (κ3) is 4.31. The highest BCUT2D eigenvalue weighted by Crippen LogP contribution is 2.28. The summed E-state index contributed by atoms with van der Waals surface area (Å²) in [7, 11) is 0. The van der Waals surface area contributed by atoms with E-state index in [0.29, 0.717) is 17.0 Å². The van der Waals surface area contributed by atoms with Gasteiger partial charge in [-0.25, -0.2) is 0 Å². The standard InChI is InChI=1S/C21H15N3O4/c1-14-5-7-17(8-6-14)23-21(25)12-16(13-22)20-10-9-19(28-20)15-3-2-4-18(11-15)24(26)27/h2-12H,1H3,(H,23,25). The van der Waals surface area contributed by atoms with Crippen molar-refractivity contribution in [3.8, 4) is 17.4 Å². The summed E-state index contributed by atoms with van der Waals surface area (Å²) < 4.78 is 5.63. The fraction of sp³-hybridized carbons (Fsp3) is 0.0476. The van der Waals surface area contributed by atoms with Gasteiger partial charge in [-0.05, 0) is 31.2 Å². The molecule has 1 N–H and O–H groups in total. The molecule has 0 saturated carbocycles. The maximum absolute atomic E-state index is 12.2. The zero-order chi connectivity index (χ0) is 20.1. The summed E-state index contributed by atoms with van der Waals surface area (Å²) in [4.78, 5) is 22.6. The molecule has 3 aromatic rings. The number of nitrogens with zero attached hydrogens (tertiary/aromatic N) is 2. The number of nitro benzene ring substituents is 1. The van der Waals surface area contributed by atoms with Crippen molar-refractivity contribution in [2.45, 2.75) is 6.92 Å². The Kier molecular flexibility index (Phi) is 5.33. The minimum absolute atomic E-state index is 0.0429. The number of anilines is 1. The van der Waals surface area contributed by atoms with Crippen LogP contribution in [0.5, 0.6) is 0 Å². The number of hydrogen-bond acceptors (Lipinski definition) is 5. The molecule has 0 atom stereocenters. The number of benzene rings is 2. The molecule has 0 fully saturated rings. The predicted molar refractivity (Wildman–Crippen MR) is 104 cm³/mol. The third-order valence-corrected chi connectivity index (χ3v) is 3.93. The lowest BCUT2D eigenvalue weighted by molar-refractivity contribution is -0.384. The van der Waals surface area contributed by atoms with Crippen molar-refractivity contribution >= 4 is 22.9 Å². The molecule has 3 rings (SSSR count). The lowest BCUT2D eigenvalue weighted by Gasteiger charge is -2.02. The van der Waals surface area contributed by atoms with Crippen molar-refractivity contribution in [3.63, 3.8) is 0 Å². The largest absolute Gasteiger partial charge is 0.455 e. The summed E-state index contributed by atoms with van der Waals surface area (Å²) in [5.41, 5.74) is 2.16. The molecule has 0 aliphatic heterocycles. The van der Waals surface area contributed by atoms with Crippen molar-refractivity contribution in [3.05, 3.63) is 88.2 Å². The van der Waals surface area contributed by atoms with Gasteiger partial charge in [0.2, 0.25) is 5.91 Å².